The Labute approximate surface area is 175 Å². The van der Waals surface area contributed by atoms with Crippen LogP contribution in [0.5, 0.6) is 0 Å². The first-order valence-corrected chi connectivity index (χ1v) is 10.2. The van der Waals surface area contributed by atoms with Crippen LogP contribution in [0.4, 0.5) is 24.7 Å². The van der Waals surface area contributed by atoms with Crippen LogP contribution in [0, 0.1) is 0 Å². The van der Waals surface area contributed by atoms with E-state index in [0.717, 1.165) is 43.3 Å². The van der Waals surface area contributed by atoms with Crippen molar-refractivity contribution in [2.24, 2.45) is 5.73 Å². The molecule has 0 aromatic carbocycles. The highest BCUT2D eigenvalue weighted by Crippen LogP contribution is 2.41. The second-order valence-corrected chi connectivity index (χ2v) is 8.16. The highest BCUT2D eigenvalue weighted by molar-refractivity contribution is 6.06. The largest absolute Gasteiger partial charge is 0.417 e. The second kappa shape index (κ2) is 7.14. The summed E-state index contributed by atoms with van der Waals surface area (Å²) in [5.74, 6) is 0.0289. The number of carbonyl (C=O) groups is 1. The normalized spacial score (nSPS) is 23.3. The van der Waals surface area contributed by atoms with Gasteiger partial charge in [0.25, 0.3) is 5.91 Å². The quantitative estimate of drug-likeness (QED) is 0.586. The first kappa shape index (κ1) is 19.7. The summed E-state index contributed by atoms with van der Waals surface area (Å²) in [7, 11) is 0. The molecular formula is C21H21F3N6O. The lowest BCUT2D eigenvalue weighted by Crippen LogP contribution is -2.47. The lowest BCUT2D eigenvalue weighted by atomic mass is 9.96. The standard InChI is InChI=1S/C21H21F3N6O/c22-21(23,24)11-1-4-17(27-9-11)30-13-2-3-14(30)8-12(7-13)29-18-15-5-6-26-20(15)28-10-16(18)19(25)31/h1,4-6,9-10,12-14H,2-3,7-8H2,(H2,25,31)(H2,26,28,29)/t12?,13-,14+. The molecular weight excluding hydrogens is 409 g/mol. The Morgan fingerprint density at radius 3 is 2.48 bits per heavy atom. The van der Waals surface area contributed by atoms with Gasteiger partial charge in [0.2, 0.25) is 0 Å². The van der Waals surface area contributed by atoms with E-state index in [1.54, 1.807) is 6.20 Å². The van der Waals surface area contributed by atoms with Gasteiger partial charge in [-0.2, -0.15) is 13.2 Å². The number of nitrogens with zero attached hydrogens (tertiary/aromatic N) is 3. The highest BCUT2D eigenvalue weighted by atomic mass is 19.4. The van der Waals surface area contributed by atoms with E-state index in [0.29, 0.717) is 22.7 Å². The summed E-state index contributed by atoms with van der Waals surface area (Å²) in [5, 5.41) is 4.31. The van der Waals surface area contributed by atoms with Gasteiger partial charge in [-0.25, -0.2) is 9.97 Å². The first-order valence-electron chi connectivity index (χ1n) is 10.2. The van der Waals surface area contributed by atoms with Gasteiger partial charge in [-0.15, -0.1) is 0 Å². The molecule has 0 spiro atoms. The molecule has 162 valence electrons. The van der Waals surface area contributed by atoms with Crippen molar-refractivity contribution in [1.82, 2.24) is 15.0 Å². The van der Waals surface area contributed by atoms with E-state index in [2.05, 4.69) is 25.2 Å². The molecule has 1 unspecified atom stereocenters. The van der Waals surface area contributed by atoms with Crippen LogP contribution >= 0.6 is 0 Å². The van der Waals surface area contributed by atoms with Crippen molar-refractivity contribution in [2.75, 3.05) is 10.2 Å². The van der Waals surface area contributed by atoms with Crippen molar-refractivity contribution < 1.29 is 18.0 Å². The van der Waals surface area contributed by atoms with Gasteiger partial charge in [-0.1, -0.05) is 0 Å². The lowest BCUT2D eigenvalue weighted by Gasteiger charge is -2.40. The van der Waals surface area contributed by atoms with E-state index >= 15 is 0 Å². The number of primary amides is 1. The van der Waals surface area contributed by atoms with Gasteiger partial charge < -0.3 is 20.9 Å². The Morgan fingerprint density at radius 1 is 1.13 bits per heavy atom. The number of aromatic amines is 1. The predicted molar refractivity (Wildman–Crippen MR) is 110 cm³/mol. The smallest absolute Gasteiger partial charge is 0.381 e. The Kier molecular flexibility index (Phi) is 4.53. The van der Waals surface area contributed by atoms with E-state index in [9.17, 15) is 18.0 Å². The minimum Gasteiger partial charge on any atom is -0.381 e. The molecule has 2 fully saturated rings. The number of nitrogens with one attached hydrogen (secondary N) is 2. The number of hydrogen-bond acceptors (Lipinski definition) is 5. The molecule has 0 radical (unpaired) electrons. The molecule has 1 amide bonds. The fourth-order valence-electron chi connectivity index (χ4n) is 4.93. The number of H-pyrrole nitrogens is 1. The van der Waals surface area contributed by atoms with Crippen LogP contribution in [0.25, 0.3) is 11.0 Å². The van der Waals surface area contributed by atoms with Crippen LogP contribution in [0.2, 0.25) is 0 Å². The molecule has 0 aliphatic carbocycles. The third kappa shape index (κ3) is 3.45. The third-order valence-corrected chi connectivity index (χ3v) is 6.27. The number of halogens is 3. The molecule has 2 bridgehead atoms. The second-order valence-electron chi connectivity index (χ2n) is 8.16. The van der Waals surface area contributed by atoms with E-state index < -0.39 is 17.6 Å². The van der Waals surface area contributed by atoms with Crippen molar-refractivity contribution in [1.29, 1.82) is 0 Å². The fraction of sp³-hybridized carbons (Fsp3) is 0.381. The molecule has 2 saturated heterocycles. The molecule has 7 nitrogen and oxygen atoms in total. The minimum atomic E-state index is -4.40. The van der Waals surface area contributed by atoms with Crippen molar-refractivity contribution in [3.63, 3.8) is 0 Å². The molecule has 3 aromatic rings. The third-order valence-electron chi connectivity index (χ3n) is 6.27. The molecule has 31 heavy (non-hydrogen) atoms. The SMILES string of the molecule is NC(=O)c1cnc2[nH]ccc2c1NC1C[C@H]2CC[C@@H](C1)N2c1ccc(C(F)(F)F)cn1. The van der Waals surface area contributed by atoms with Gasteiger partial charge in [0.1, 0.15) is 11.5 Å². The summed E-state index contributed by atoms with van der Waals surface area (Å²) in [5.41, 5.74) is 6.50. The summed E-state index contributed by atoms with van der Waals surface area (Å²) >= 11 is 0. The van der Waals surface area contributed by atoms with Crippen LogP contribution in [-0.2, 0) is 6.18 Å². The van der Waals surface area contributed by atoms with E-state index in [-0.39, 0.29) is 18.1 Å². The minimum absolute atomic E-state index is 0.0989. The molecule has 2 aliphatic rings. The number of rotatable bonds is 4. The number of amides is 1. The Hall–Kier alpha value is -3.30. The van der Waals surface area contributed by atoms with Gasteiger partial charge >= 0.3 is 6.18 Å². The van der Waals surface area contributed by atoms with Gasteiger partial charge in [0.05, 0.1) is 16.8 Å². The topological polar surface area (TPSA) is 99.9 Å². The molecule has 0 saturated carbocycles. The molecule has 5 rings (SSSR count). The fourth-order valence-corrected chi connectivity index (χ4v) is 4.93. The Balaban J connectivity index is 1.38. The monoisotopic (exact) mass is 430 g/mol. The number of hydrogen-bond donors (Lipinski definition) is 3. The maximum Gasteiger partial charge on any atom is 0.417 e. The van der Waals surface area contributed by atoms with Crippen LogP contribution in [-0.4, -0.2) is 39.0 Å². The van der Waals surface area contributed by atoms with Crippen LogP contribution in [0.3, 0.4) is 0 Å². The van der Waals surface area contributed by atoms with Crippen molar-refractivity contribution >= 4 is 28.4 Å². The average molecular weight is 430 g/mol. The van der Waals surface area contributed by atoms with Crippen LogP contribution in [0.15, 0.2) is 36.8 Å². The van der Waals surface area contributed by atoms with Crippen molar-refractivity contribution in [2.45, 2.75) is 50.0 Å². The van der Waals surface area contributed by atoms with Crippen molar-refractivity contribution in [3.8, 4) is 0 Å². The summed E-state index contributed by atoms with van der Waals surface area (Å²) in [6.07, 6.45) is 3.20. The lowest BCUT2D eigenvalue weighted by molar-refractivity contribution is -0.137. The number of alkyl halides is 3. The molecule has 2 aliphatic heterocycles. The van der Waals surface area contributed by atoms with Gasteiger partial charge in [0.15, 0.2) is 0 Å². The maximum atomic E-state index is 12.9. The van der Waals surface area contributed by atoms with E-state index in [1.807, 2.05) is 6.07 Å². The van der Waals surface area contributed by atoms with E-state index in [1.165, 1.54) is 12.3 Å². The summed E-state index contributed by atoms with van der Waals surface area (Å²) in [6, 6.07) is 4.83. The van der Waals surface area contributed by atoms with Crippen LogP contribution < -0.4 is 16.0 Å². The summed E-state index contributed by atoms with van der Waals surface area (Å²) in [6.45, 7) is 0. The molecule has 4 N–H and O–H groups in total. The van der Waals surface area contributed by atoms with Gasteiger partial charge in [-0.3, -0.25) is 4.79 Å². The Morgan fingerprint density at radius 2 is 1.87 bits per heavy atom. The molecule has 5 heterocycles. The number of aromatic nitrogens is 3. The maximum absolute atomic E-state index is 12.9. The van der Waals surface area contributed by atoms with E-state index in [4.69, 9.17) is 5.73 Å². The number of anilines is 2. The highest BCUT2D eigenvalue weighted by Gasteiger charge is 2.42. The first-order chi connectivity index (χ1) is 14.8. The average Bonchev–Trinajstić information content (AvgIpc) is 3.30. The zero-order valence-electron chi connectivity index (χ0n) is 16.5. The molecule has 10 heteroatoms. The van der Waals surface area contributed by atoms with Crippen molar-refractivity contribution in [3.05, 3.63) is 47.9 Å². The zero-order valence-corrected chi connectivity index (χ0v) is 16.5. The number of fused-ring (bicyclic) bond motifs is 3. The summed E-state index contributed by atoms with van der Waals surface area (Å²) < 4.78 is 38.6. The molecule has 3 aromatic heterocycles. The van der Waals surface area contributed by atoms with Gasteiger partial charge in [-0.05, 0) is 43.9 Å². The number of nitrogens with two attached hydrogens (primary N) is 1. The van der Waals surface area contributed by atoms with Gasteiger partial charge in [0, 0.05) is 42.1 Å². The Bertz CT molecular complexity index is 1110. The number of carbonyl (C=O) groups excluding carboxylic acids is 1. The summed E-state index contributed by atoms with van der Waals surface area (Å²) in [4.78, 5) is 25.5. The number of piperidine rings is 1. The van der Waals surface area contributed by atoms with Crippen LogP contribution in [0.1, 0.15) is 41.6 Å². The predicted octanol–water partition coefficient (Wildman–Crippen LogP) is 3.69. The zero-order chi connectivity index (χ0) is 21.8. The molecule has 3 atom stereocenters. The number of pyridine rings is 2.